The van der Waals surface area contributed by atoms with Crippen molar-refractivity contribution in [2.75, 3.05) is 65.8 Å². The molecule has 0 aromatic carbocycles. The molecule has 38 heavy (non-hydrogen) atoms. The molecule has 0 amide bonds. The molecule has 0 fully saturated rings. The van der Waals surface area contributed by atoms with Crippen LogP contribution in [0.15, 0.2) is 0 Å². The third-order valence-electron chi connectivity index (χ3n) is 6.29. The monoisotopic (exact) mass is 588 g/mol. The summed E-state index contributed by atoms with van der Waals surface area (Å²) in [6.07, 6.45) is 22.1. The number of hydrogen-bond acceptors (Lipinski definition) is 6. The van der Waals surface area contributed by atoms with Gasteiger partial charge >= 0.3 is 0 Å². The topological polar surface area (TPSA) is 107 Å². The van der Waals surface area contributed by atoms with Crippen molar-refractivity contribution in [1.82, 2.24) is 0 Å². The summed E-state index contributed by atoms with van der Waals surface area (Å²) >= 11 is 0. The van der Waals surface area contributed by atoms with Crippen LogP contribution in [0.25, 0.3) is 0 Å². The molecule has 0 heterocycles. The molecule has 0 saturated heterocycles. The van der Waals surface area contributed by atoms with Crippen LogP contribution in [0, 0.1) is 0 Å². The zero-order chi connectivity index (χ0) is 29.3. The molecule has 0 rings (SSSR count). The molecular weight excluding hydrogens is 526 g/mol. The Kier molecular flexibility index (Phi) is 25.7. The maximum Gasteiger partial charge on any atom is 0.261 e. The van der Waals surface area contributed by atoms with E-state index in [1.54, 1.807) is 7.11 Å². The minimum absolute atomic E-state index is 0.0441. The molecule has 0 aromatic heterocycles. The molecule has 0 spiro atoms. The molecule has 232 valence electrons. The second-order valence-electron chi connectivity index (χ2n) is 11.6. The highest BCUT2D eigenvalue weighted by atomic mass is 32.2. The van der Waals surface area contributed by atoms with Crippen molar-refractivity contribution in [1.29, 1.82) is 0 Å². The van der Waals surface area contributed by atoms with Crippen LogP contribution >= 0.6 is 0 Å². The van der Waals surface area contributed by atoms with Crippen LogP contribution in [0.3, 0.4) is 0 Å². The maximum atomic E-state index is 12.3. The van der Waals surface area contributed by atoms with Gasteiger partial charge in [-0.25, -0.2) is 8.42 Å². The molecule has 0 bridgehead atoms. The number of unbranched alkanes of at least 4 members (excludes halogenated alkanes) is 15. The van der Waals surface area contributed by atoms with Crippen LogP contribution in [0.1, 0.15) is 110 Å². The summed E-state index contributed by atoms with van der Waals surface area (Å²) in [5.41, 5.74) is 0. The summed E-state index contributed by atoms with van der Waals surface area (Å²) in [5, 5.41) is 0. The van der Waals surface area contributed by atoms with Crippen molar-refractivity contribution in [2.24, 2.45) is 0 Å². The van der Waals surface area contributed by atoms with Crippen LogP contribution in [0.5, 0.6) is 0 Å². The smallest absolute Gasteiger partial charge is 0.261 e. The number of ether oxygens (including phenoxy) is 2. The minimum Gasteiger partial charge on any atom is -0.379 e. The zero-order valence-electron chi connectivity index (χ0n) is 25.6. The highest BCUT2D eigenvalue weighted by molar-refractivity contribution is 7.91. The van der Waals surface area contributed by atoms with Crippen molar-refractivity contribution in [2.45, 2.75) is 116 Å². The molecule has 8 nitrogen and oxygen atoms in total. The molecule has 1 atom stereocenters. The van der Waals surface area contributed by atoms with Crippen molar-refractivity contribution in [3.05, 3.63) is 0 Å². The van der Waals surface area contributed by atoms with Gasteiger partial charge in [0.2, 0.25) is 0 Å². The first kappa shape index (κ1) is 39.9. The first-order chi connectivity index (χ1) is 17.7. The first-order valence-corrected chi connectivity index (χ1v) is 18.4. The standard InChI is InChI=1S/C27H58NO4S.CH4O3S/c1-6-7-8-9-10-11-12-13-14-15-16-17-18-19-20-21-23-32-25-27(31-5)26-33(29,30)24-22-28(2,3)4;1-5(2,3)4/h27H,6-26H2,1-5H3;1H3,(H,2,3,4)/q+1;. The number of hydrogen-bond donors (Lipinski definition) is 1. The second kappa shape index (κ2) is 24.5. The Morgan fingerprint density at radius 1 is 0.711 bits per heavy atom. The van der Waals surface area contributed by atoms with E-state index in [1.807, 2.05) is 21.1 Å². The average Bonchev–Trinajstić information content (AvgIpc) is 2.80. The molecule has 0 aliphatic carbocycles. The summed E-state index contributed by atoms with van der Waals surface area (Å²) in [6.45, 7) is 3.94. The van der Waals surface area contributed by atoms with Gasteiger partial charge in [-0.05, 0) is 6.42 Å². The van der Waals surface area contributed by atoms with E-state index in [2.05, 4.69) is 6.92 Å². The predicted octanol–water partition coefficient (Wildman–Crippen LogP) is 5.90. The van der Waals surface area contributed by atoms with Gasteiger partial charge in [0, 0.05) is 13.7 Å². The van der Waals surface area contributed by atoms with Gasteiger partial charge in [-0.15, -0.1) is 0 Å². The van der Waals surface area contributed by atoms with Crippen molar-refractivity contribution >= 4 is 20.0 Å². The Bertz CT molecular complexity index is 712. The van der Waals surface area contributed by atoms with Crippen LogP contribution in [0.4, 0.5) is 0 Å². The number of rotatable bonds is 25. The van der Waals surface area contributed by atoms with Gasteiger partial charge in [-0.3, -0.25) is 4.55 Å². The maximum absolute atomic E-state index is 12.3. The molecule has 0 saturated carbocycles. The normalized spacial score (nSPS) is 13.2. The third kappa shape index (κ3) is 37.9. The summed E-state index contributed by atoms with van der Waals surface area (Å²) in [6, 6.07) is 0. The lowest BCUT2D eigenvalue weighted by Crippen LogP contribution is -2.40. The SMILES string of the molecule is CCCCCCCCCCCCCCCCCCOCC(CS(=O)(=O)CC[N+](C)(C)C)OC.CS(=O)(=O)O. The summed E-state index contributed by atoms with van der Waals surface area (Å²) in [4.78, 5) is 0. The fraction of sp³-hybridized carbons (Fsp3) is 1.00. The molecule has 0 radical (unpaired) electrons. The highest BCUT2D eigenvalue weighted by Crippen LogP contribution is 2.13. The number of nitrogens with zero attached hydrogens (tertiary/aromatic N) is 1. The van der Waals surface area contributed by atoms with E-state index in [0.717, 1.165) is 6.42 Å². The Balaban J connectivity index is 0. The molecule has 1 N–H and O–H groups in total. The molecule has 0 aromatic rings. The van der Waals surface area contributed by atoms with Crippen molar-refractivity contribution < 1.29 is 35.3 Å². The van der Waals surface area contributed by atoms with E-state index in [1.165, 1.54) is 96.3 Å². The van der Waals surface area contributed by atoms with E-state index < -0.39 is 20.0 Å². The predicted molar refractivity (Wildman–Crippen MR) is 160 cm³/mol. The second-order valence-corrected chi connectivity index (χ2v) is 15.3. The van der Waals surface area contributed by atoms with Gasteiger partial charge in [0.05, 0.1) is 58.2 Å². The van der Waals surface area contributed by atoms with Gasteiger partial charge < -0.3 is 14.0 Å². The summed E-state index contributed by atoms with van der Waals surface area (Å²) < 4.78 is 62.1. The van der Waals surface area contributed by atoms with Crippen LogP contribution in [-0.2, 0) is 29.4 Å². The Morgan fingerprint density at radius 2 is 1.08 bits per heavy atom. The van der Waals surface area contributed by atoms with Gasteiger partial charge in [0.25, 0.3) is 10.1 Å². The van der Waals surface area contributed by atoms with E-state index in [-0.39, 0.29) is 17.6 Å². The van der Waals surface area contributed by atoms with E-state index in [0.29, 0.717) is 30.5 Å². The lowest BCUT2D eigenvalue weighted by molar-refractivity contribution is -0.867. The van der Waals surface area contributed by atoms with Gasteiger partial charge in [-0.1, -0.05) is 103 Å². The largest absolute Gasteiger partial charge is 0.379 e. The number of quaternary nitrogens is 1. The Labute approximate surface area is 236 Å². The fourth-order valence-corrected chi connectivity index (χ4v) is 5.72. The molecule has 0 aliphatic rings. The van der Waals surface area contributed by atoms with Crippen LogP contribution in [0.2, 0.25) is 0 Å². The van der Waals surface area contributed by atoms with Crippen molar-refractivity contribution in [3.8, 4) is 0 Å². The van der Waals surface area contributed by atoms with E-state index >= 15 is 0 Å². The van der Waals surface area contributed by atoms with E-state index in [4.69, 9.17) is 14.0 Å². The van der Waals surface area contributed by atoms with Crippen LogP contribution in [-0.4, -0.2) is 97.7 Å². The quantitative estimate of drug-likeness (QED) is 0.0803. The highest BCUT2D eigenvalue weighted by Gasteiger charge is 2.22. The first-order valence-electron chi connectivity index (χ1n) is 14.7. The Morgan fingerprint density at radius 3 is 1.42 bits per heavy atom. The molecule has 1 unspecified atom stereocenters. The molecular formula is C28H62NO7S2+. The number of methoxy groups -OCH3 is 1. The minimum atomic E-state index is -3.67. The average molecular weight is 589 g/mol. The van der Waals surface area contributed by atoms with Gasteiger partial charge in [0.1, 0.15) is 0 Å². The lowest BCUT2D eigenvalue weighted by atomic mass is 10.0. The van der Waals surface area contributed by atoms with E-state index in [9.17, 15) is 16.8 Å². The zero-order valence-corrected chi connectivity index (χ0v) is 27.2. The lowest BCUT2D eigenvalue weighted by Gasteiger charge is -2.24. The molecule has 0 aliphatic heterocycles. The van der Waals surface area contributed by atoms with Gasteiger partial charge in [0.15, 0.2) is 9.84 Å². The van der Waals surface area contributed by atoms with Gasteiger partial charge in [-0.2, -0.15) is 8.42 Å². The number of sulfone groups is 1. The third-order valence-corrected chi connectivity index (χ3v) is 7.98. The summed E-state index contributed by atoms with van der Waals surface area (Å²) in [5.74, 6) is 0.234. The Hall–Kier alpha value is -0.260. The summed E-state index contributed by atoms with van der Waals surface area (Å²) in [7, 11) is 0.793. The van der Waals surface area contributed by atoms with Crippen molar-refractivity contribution in [3.63, 3.8) is 0 Å². The molecule has 10 heteroatoms. The van der Waals surface area contributed by atoms with Crippen LogP contribution < -0.4 is 0 Å². The fourth-order valence-electron chi connectivity index (χ4n) is 3.93.